The van der Waals surface area contributed by atoms with Crippen molar-refractivity contribution in [3.63, 3.8) is 0 Å². The van der Waals surface area contributed by atoms with Crippen molar-refractivity contribution < 1.29 is 9.50 Å². The first-order valence-electron chi connectivity index (χ1n) is 10.0. The van der Waals surface area contributed by atoms with Crippen LogP contribution in [0.1, 0.15) is 22.3 Å². The first-order valence-corrected chi connectivity index (χ1v) is 11.7. The van der Waals surface area contributed by atoms with E-state index in [-0.39, 0.29) is 17.7 Å². The van der Waals surface area contributed by atoms with Gasteiger partial charge in [-0.3, -0.25) is 4.90 Å². The van der Waals surface area contributed by atoms with E-state index in [2.05, 4.69) is 47.9 Å². The quantitative estimate of drug-likeness (QED) is 0.442. The molecule has 31 heavy (non-hydrogen) atoms. The van der Waals surface area contributed by atoms with E-state index >= 15 is 0 Å². The van der Waals surface area contributed by atoms with Gasteiger partial charge in [-0.2, -0.15) is 4.52 Å². The number of fused-ring (bicyclic) bond motifs is 1. The summed E-state index contributed by atoms with van der Waals surface area (Å²) in [5.74, 6) is 0.561. The zero-order valence-electron chi connectivity index (χ0n) is 16.9. The van der Waals surface area contributed by atoms with Crippen LogP contribution in [0.2, 0.25) is 0 Å². The van der Waals surface area contributed by atoms with Gasteiger partial charge in [0.1, 0.15) is 11.6 Å². The van der Waals surface area contributed by atoms with Crippen LogP contribution >= 0.6 is 27.3 Å². The fraction of sp³-hybridized carbons (Fsp3) is 0.273. The molecule has 1 aliphatic heterocycles. The Kier molecular flexibility index (Phi) is 5.41. The molecule has 0 unspecified atom stereocenters. The van der Waals surface area contributed by atoms with Gasteiger partial charge in [0.05, 0.1) is 10.9 Å². The number of aromatic hydroxyl groups is 1. The number of aryl methyl sites for hydroxylation is 1. The fourth-order valence-electron chi connectivity index (χ4n) is 4.12. The number of benzene rings is 2. The molecule has 1 saturated heterocycles. The lowest BCUT2D eigenvalue weighted by molar-refractivity contribution is 0.211. The smallest absolute Gasteiger partial charge is 0.230 e. The molecular formula is C22H21BrFN5OS. The summed E-state index contributed by atoms with van der Waals surface area (Å²) in [6, 6.07) is 14.7. The number of hydrogen-bond donors (Lipinski definition) is 1. The summed E-state index contributed by atoms with van der Waals surface area (Å²) in [4.78, 5) is 10.6. The number of aromatic nitrogens is 3. The number of piperazine rings is 1. The van der Waals surface area contributed by atoms with Crippen molar-refractivity contribution in [2.75, 3.05) is 31.1 Å². The molecule has 0 bridgehead atoms. The molecular weight excluding hydrogens is 481 g/mol. The van der Waals surface area contributed by atoms with Crippen molar-refractivity contribution in [3.05, 3.63) is 75.1 Å². The molecule has 1 aliphatic rings. The number of thiazole rings is 1. The van der Waals surface area contributed by atoms with Gasteiger partial charge in [0.2, 0.25) is 10.8 Å². The fourth-order valence-corrected chi connectivity index (χ4v) is 5.70. The molecule has 0 aliphatic carbocycles. The topological polar surface area (TPSA) is 56.9 Å². The van der Waals surface area contributed by atoms with E-state index in [1.165, 1.54) is 28.0 Å². The molecule has 4 aromatic rings. The molecule has 2 aromatic heterocycles. The maximum atomic E-state index is 13.3. The standard InChI is InChI=1S/C22H21BrFN5OS/c1-14-25-22-29(26-14)21(30)20(31-22)19(15-3-2-4-16(23)13-15)28-11-9-27(10-12-28)18-7-5-17(24)6-8-18/h2-8,13,19,30H,9-12H2,1H3/t19-/m1/s1. The number of nitrogens with zero attached hydrogens (tertiary/aromatic N) is 5. The van der Waals surface area contributed by atoms with Crippen molar-refractivity contribution in [2.45, 2.75) is 13.0 Å². The second kappa shape index (κ2) is 8.22. The van der Waals surface area contributed by atoms with Gasteiger partial charge >= 0.3 is 0 Å². The molecule has 6 nitrogen and oxygen atoms in total. The van der Waals surface area contributed by atoms with Crippen molar-refractivity contribution in [1.82, 2.24) is 19.5 Å². The molecule has 160 valence electrons. The lowest BCUT2D eigenvalue weighted by atomic mass is 10.0. The Morgan fingerprint density at radius 1 is 1.10 bits per heavy atom. The molecule has 5 rings (SSSR count). The highest BCUT2D eigenvalue weighted by Crippen LogP contribution is 2.41. The van der Waals surface area contributed by atoms with Gasteiger partial charge < -0.3 is 10.0 Å². The predicted octanol–water partition coefficient (Wildman–Crippen LogP) is 4.62. The van der Waals surface area contributed by atoms with E-state index in [1.807, 2.05) is 31.2 Å². The summed E-state index contributed by atoms with van der Waals surface area (Å²) in [7, 11) is 0. The van der Waals surface area contributed by atoms with Crippen LogP contribution in [0, 0.1) is 12.7 Å². The minimum absolute atomic E-state index is 0.110. The van der Waals surface area contributed by atoms with Gasteiger partial charge in [0.15, 0.2) is 0 Å². The first kappa shape index (κ1) is 20.4. The second-order valence-corrected chi connectivity index (χ2v) is 9.53. The zero-order chi connectivity index (χ0) is 21.5. The van der Waals surface area contributed by atoms with E-state index in [0.29, 0.717) is 10.8 Å². The van der Waals surface area contributed by atoms with E-state index < -0.39 is 0 Å². The van der Waals surface area contributed by atoms with Crippen LogP contribution in [-0.2, 0) is 0 Å². The highest BCUT2D eigenvalue weighted by molar-refractivity contribution is 9.10. The average Bonchev–Trinajstić information content (AvgIpc) is 3.27. The summed E-state index contributed by atoms with van der Waals surface area (Å²) in [6.45, 7) is 5.06. The Bertz CT molecular complexity index is 1220. The summed E-state index contributed by atoms with van der Waals surface area (Å²) in [5.41, 5.74) is 2.12. The summed E-state index contributed by atoms with van der Waals surface area (Å²) in [6.07, 6.45) is 0. The zero-order valence-corrected chi connectivity index (χ0v) is 19.3. The van der Waals surface area contributed by atoms with Gasteiger partial charge in [-0.1, -0.05) is 39.4 Å². The maximum Gasteiger partial charge on any atom is 0.230 e. The van der Waals surface area contributed by atoms with Crippen LogP contribution in [0.5, 0.6) is 5.88 Å². The normalized spacial score (nSPS) is 16.2. The number of anilines is 1. The Morgan fingerprint density at radius 2 is 1.84 bits per heavy atom. The number of hydrogen-bond acceptors (Lipinski definition) is 6. The van der Waals surface area contributed by atoms with Crippen LogP contribution in [0.4, 0.5) is 10.1 Å². The van der Waals surface area contributed by atoms with Crippen LogP contribution in [0.25, 0.3) is 4.96 Å². The minimum atomic E-state index is -0.223. The van der Waals surface area contributed by atoms with Crippen LogP contribution in [0.15, 0.2) is 53.0 Å². The third kappa shape index (κ3) is 3.93. The summed E-state index contributed by atoms with van der Waals surface area (Å²) < 4.78 is 15.8. The van der Waals surface area contributed by atoms with E-state index in [0.717, 1.165) is 46.8 Å². The molecule has 0 spiro atoms. The highest BCUT2D eigenvalue weighted by Gasteiger charge is 2.31. The summed E-state index contributed by atoms with van der Waals surface area (Å²) >= 11 is 5.05. The van der Waals surface area contributed by atoms with E-state index in [9.17, 15) is 9.50 Å². The lowest BCUT2D eigenvalue weighted by Crippen LogP contribution is -2.47. The SMILES string of the molecule is Cc1nc2sc([C@@H](c3cccc(Br)c3)N3CCN(c4ccc(F)cc4)CC3)c(O)n2n1. The van der Waals surface area contributed by atoms with E-state index in [4.69, 9.17) is 0 Å². The van der Waals surface area contributed by atoms with Gasteiger partial charge in [0.25, 0.3) is 0 Å². The third-order valence-corrected chi connectivity index (χ3v) is 7.16. The van der Waals surface area contributed by atoms with Gasteiger partial charge in [-0.15, -0.1) is 5.10 Å². The monoisotopic (exact) mass is 501 g/mol. The number of halogens is 2. The van der Waals surface area contributed by atoms with Crippen molar-refractivity contribution in [2.24, 2.45) is 0 Å². The van der Waals surface area contributed by atoms with Gasteiger partial charge in [-0.25, -0.2) is 9.37 Å². The molecule has 0 saturated carbocycles. The van der Waals surface area contributed by atoms with Crippen molar-refractivity contribution in [3.8, 4) is 5.88 Å². The molecule has 1 N–H and O–H groups in total. The molecule has 0 radical (unpaired) electrons. The van der Waals surface area contributed by atoms with Crippen LogP contribution in [-0.4, -0.2) is 50.8 Å². The van der Waals surface area contributed by atoms with Crippen molar-refractivity contribution >= 4 is 37.9 Å². The summed E-state index contributed by atoms with van der Waals surface area (Å²) in [5, 5.41) is 15.3. The van der Waals surface area contributed by atoms with Gasteiger partial charge in [0, 0.05) is 36.3 Å². The Labute approximate surface area is 191 Å². The largest absolute Gasteiger partial charge is 0.492 e. The molecule has 1 fully saturated rings. The molecule has 0 amide bonds. The molecule has 2 aromatic carbocycles. The Balaban J connectivity index is 1.47. The van der Waals surface area contributed by atoms with Crippen LogP contribution in [0.3, 0.4) is 0 Å². The molecule has 9 heteroatoms. The Hall–Kier alpha value is -2.49. The lowest BCUT2D eigenvalue weighted by Gasteiger charge is -2.40. The van der Waals surface area contributed by atoms with Gasteiger partial charge in [-0.05, 0) is 48.9 Å². The molecule has 1 atom stereocenters. The third-order valence-electron chi connectivity index (χ3n) is 5.59. The molecule has 3 heterocycles. The maximum absolute atomic E-state index is 13.3. The van der Waals surface area contributed by atoms with E-state index in [1.54, 1.807) is 0 Å². The van der Waals surface area contributed by atoms with Crippen LogP contribution < -0.4 is 4.90 Å². The second-order valence-electron chi connectivity index (χ2n) is 7.60. The predicted molar refractivity (Wildman–Crippen MR) is 123 cm³/mol. The highest BCUT2D eigenvalue weighted by atomic mass is 79.9. The Morgan fingerprint density at radius 3 is 2.52 bits per heavy atom. The first-order chi connectivity index (χ1) is 15.0. The minimum Gasteiger partial charge on any atom is -0.492 e. The number of rotatable bonds is 4. The average molecular weight is 502 g/mol. The van der Waals surface area contributed by atoms with Crippen molar-refractivity contribution in [1.29, 1.82) is 0 Å².